The first-order valence-electron chi connectivity index (χ1n) is 7.01. The molecule has 2 aromatic heterocycles. The van der Waals surface area contributed by atoms with Crippen LogP contribution in [0.15, 0.2) is 18.5 Å². The Bertz CT molecular complexity index is 605. The van der Waals surface area contributed by atoms with Gasteiger partial charge in [-0.15, -0.1) is 0 Å². The van der Waals surface area contributed by atoms with Gasteiger partial charge < -0.3 is 5.32 Å². The molecule has 0 aliphatic heterocycles. The van der Waals surface area contributed by atoms with Crippen molar-refractivity contribution in [1.29, 1.82) is 0 Å². The molecule has 2 heterocycles. The van der Waals surface area contributed by atoms with E-state index in [4.69, 9.17) is 11.6 Å². The molecule has 0 aromatic carbocycles. The van der Waals surface area contributed by atoms with Gasteiger partial charge in [0.05, 0.1) is 23.0 Å². The first kappa shape index (κ1) is 15.6. The third kappa shape index (κ3) is 3.44. The second-order valence-electron chi connectivity index (χ2n) is 4.91. The van der Waals surface area contributed by atoms with Crippen molar-refractivity contribution in [2.75, 3.05) is 6.54 Å². The molecular formula is C14H20ClN5O. The van der Waals surface area contributed by atoms with Crippen molar-refractivity contribution < 1.29 is 4.79 Å². The van der Waals surface area contributed by atoms with Crippen molar-refractivity contribution in [2.24, 2.45) is 0 Å². The molecule has 6 nitrogen and oxygen atoms in total. The molecule has 0 aliphatic rings. The fourth-order valence-electron chi connectivity index (χ4n) is 2.25. The Balaban J connectivity index is 1.90. The Kier molecular flexibility index (Phi) is 5.01. The monoisotopic (exact) mass is 309 g/mol. The van der Waals surface area contributed by atoms with Gasteiger partial charge in [0.25, 0.3) is 0 Å². The van der Waals surface area contributed by atoms with Gasteiger partial charge in [-0.25, -0.2) is 0 Å². The van der Waals surface area contributed by atoms with Gasteiger partial charge in [-0.05, 0) is 26.3 Å². The first-order chi connectivity index (χ1) is 10.0. The normalized spacial score (nSPS) is 12.4. The van der Waals surface area contributed by atoms with E-state index in [0.29, 0.717) is 24.5 Å². The fourth-order valence-corrected chi connectivity index (χ4v) is 2.39. The van der Waals surface area contributed by atoms with E-state index < -0.39 is 0 Å². The minimum atomic E-state index is -0.274. The number of halogens is 1. The topological polar surface area (TPSA) is 64.7 Å². The SMILES string of the molecule is CCC(C(=O)NCCn1nc(C)c(Cl)c1C)n1cccn1. The number of carbonyl (C=O) groups is 1. The Labute approximate surface area is 129 Å². The Morgan fingerprint density at radius 3 is 2.76 bits per heavy atom. The molecule has 0 fully saturated rings. The average molecular weight is 310 g/mol. The summed E-state index contributed by atoms with van der Waals surface area (Å²) in [6, 6.07) is 1.54. The average Bonchev–Trinajstić information content (AvgIpc) is 3.06. The van der Waals surface area contributed by atoms with Crippen LogP contribution < -0.4 is 5.32 Å². The third-order valence-electron chi connectivity index (χ3n) is 3.45. The summed E-state index contributed by atoms with van der Waals surface area (Å²) in [4.78, 5) is 12.2. The van der Waals surface area contributed by atoms with Crippen LogP contribution in [-0.4, -0.2) is 32.0 Å². The molecule has 0 radical (unpaired) electrons. The van der Waals surface area contributed by atoms with Gasteiger partial charge in [-0.3, -0.25) is 14.2 Å². The molecule has 0 bridgehead atoms. The lowest BCUT2D eigenvalue weighted by Gasteiger charge is -2.15. The lowest BCUT2D eigenvalue weighted by Crippen LogP contribution is -2.34. The van der Waals surface area contributed by atoms with Crippen LogP contribution in [0.4, 0.5) is 0 Å². The van der Waals surface area contributed by atoms with Crippen LogP contribution in [0.3, 0.4) is 0 Å². The number of rotatable bonds is 6. The largest absolute Gasteiger partial charge is 0.352 e. The van der Waals surface area contributed by atoms with E-state index >= 15 is 0 Å². The van der Waals surface area contributed by atoms with Crippen molar-refractivity contribution in [2.45, 2.75) is 39.8 Å². The summed E-state index contributed by atoms with van der Waals surface area (Å²) >= 11 is 6.10. The maximum atomic E-state index is 12.2. The second kappa shape index (κ2) is 6.76. The molecule has 0 aliphatic carbocycles. The van der Waals surface area contributed by atoms with Crippen molar-refractivity contribution >= 4 is 17.5 Å². The van der Waals surface area contributed by atoms with E-state index in [1.807, 2.05) is 31.5 Å². The number of hydrogen-bond donors (Lipinski definition) is 1. The maximum Gasteiger partial charge on any atom is 0.244 e. The zero-order valence-electron chi connectivity index (χ0n) is 12.5. The molecule has 0 spiro atoms. The molecule has 1 amide bonds. The van der Waals surface area contributed by atoms with Gasteiger partial charge in [-0.2, -0.15) is 10.2 Å². The smallest absolute Gasteiger partial charge is 0.244 e. The highest BCUT2D eigenvalue weighted by atomic mass is 35.5. The van der Waals surface area contributed by atoms with Crippen molar-refractivity contribution in [3.8, 4) is 0 Å². The molecule has 0 saturated heterocycles. The van der Waals surface area contributed by atoms with E-state index in [-0.39, 0.29) is 11.9 Å². The Hall–Kier alpha value is -1.82. The number of aryl methyl sites for hydroxylation is 1. The summed E-state index contributed by atoms with van der Waals surface area (Å²) in [7, 11) is 0. The predicted molar refractivity (Wildman–Crippen MR) is 81.3 cm³/mol. The summed E-state index contributed by atoms with van der Waals surface area (Å²) in [5, 5.41) is 12.1. The number of nitrogens with zero attached hydrogens (tertiary/aromatic N) is 4. The summed E-state index contributed by atoms with van der Waals surface area (Å²) in [6.07, 6.45) is 4.17. The summed E-state index contributed by atoms with van der Waals surface area (Å²) in [5.41, 5.74) is 1.73. The van der Waals surface area contributed by atoms with Gasteiger partial charge in [0.15, 0.2) is 0 Å². The van der Waals surface area contributed by atoms with Gasteiger partial charge in [0.2, 0.25) is 5.91 Å². The van der Waals surface area contributed by atoms with Crippen LogP contribution >= 0.6 is 11.6 Å². The standard InChI is InChI=1S/C14H20ClN5O/c1-4-12(20-8-5-6-17-20)14(21)16-7-9-19-11(3)13(15)10(2)18-19/h5-6,8,12H,4,7,9H2,1-3H3,(H,16,21). The molecule has 2 rings (SSSR count). The van der Waals surface area contributed by atoms with E-state index in [1.165, 1.54) is 0 Å². The highest BCUT2D eigenvalue weighted by Gasteiger charge is 2.18. The van der Waals surface area contributed by atoms with Crippen LogP contribution in [0.1, 0.15) is 30.8 Å². The minimum absolute atomic E-state index is 0.0335. The van der Waals surface area contributed by atoms with Crippen molar-refractivity contribution in [1.82, 2.24) is 24.9 Å². The van der Waals surface area contributed by atoms with Crippen molar-refractivity contribution in [3.63, 3.8) is 0 Å². The minimum Gasteiger partial charge on any atom is -0.352 e. The summed E-state index contributed by atoms with van der Waals surface area (Å²) in [5.74, 6) is -0.0335. The van der Waals surface area contributed by atoms with E-state index in [2.05, 4.69) is 15.5 Å². The van der Waals surface area contributed by atoms with E-state index in [1.54, 1.807) is 17.1 Å². The van der Waals surface area contributed by atoms with Gasteiger partial charge in [0.1, 0.15) is 6.04 Å². The predicted octanol–water partition coefficient (Wildman–Crippen LogP) is 2.12. The number of carbonyl (C=O) groups excluding carboxylic acids is 1. The maximum absolute atomic E-state index is 12.2. The molecular weight excluding hydrogens is 290 g/mol. The Morgan fingerprint density at radius 1 is 1.48 bits per heavy atom. The summed E-state index contributed by atoms with van der Waals surface area (Å²) < 4.78 is 3.49. The van der Waals surface area contributed by atoms with Crippen LogP contribution in [0.2, 0.25) is 5.02 Å². The van der Waals surface area contributed by atoms with Crippen LogP contribution in [0, 0.1) is 13.8 Å². The number of aromatic nitrogens is 4. The van der Waals surface area contributed by atoms with Crippen LogP contribution in [0.25, 0.3) is 0 Å². The molecule has 114 valence electrons. The number of nitrogens with one attached hydrogen (secondary N) is 1. The second-order valence-corrected chi connectivity index (χ2v) is 5.29. The molecule has 21 heavy (non-hydrogen) atoms. The molecule has 2 aromatic rings. The van der Waals surface area contributed by atoms with Gasteiger partial charge >= 0.3 is 0 Å². The lowest BCUT2D eigenvalue weighted by molar-refractivity contribution is -0.124. The van der Waals surface area contributed by atoms with Gasteiger partial charge in [0, 0.05) is 18.9 Å². The zero-order chi connectivity index (χ0) is 15.4. The highest BCUT2D eigenvalue weighted by molar-refractivity contribution is 6.31. The molecule has 0 saturated carbocycles. The quantitative estimate of drug-likeness (QED) is 0.889. The van der Waals surface area contributed by atoms with Gasteiger partial charge in [-0.1, -0.05) is 18.5 Å². The van der Waals surface area contributed by atoms with Crippen LogP contribution in [-0.2, 0) is 11.3 Å². The third-order valence-corrected chi connectivity index (χ3v) is 4.00. The van der Waals surface area contributed by atoms with E-state index in [9.17, 15) is 4.79 Å². The number of amides is 1. The number of hydrogen-bond acceptors (Lipinski definition) is 3. The van der Waals surface area contributed by atoms with Crippen LogP contribution in [0.5, 0.6) is 0 Å². The first-order valence-corrected chi connectivity index (χ1v) is 7.38. The highest BCUT2D eigenvalue weighted by Crippen LogP contribution is 2.18. The summed E-state index contributed by atoms with van der Waals surface area (Å²) in [6.45, 7) is 6.86. The van der Waals surface area contributed by atoms with Crippen molar-refractivity contribution in [3.05, 3.63) is 34.9 Å². The molecule has 1 unspecified atom stereocenters. The molecule has 7 heteroatoms. The molecule has 1 atom stereocenters. The zero-order valence-corrected chi connectivity index (χ0v) is 13.3. The van der Waals surface area contributed by atoms with E-state index in [0.717, 1.165) is 11.4 Å². The Morgan fingerprint density at radius 2 is 2.24 bits per heavy atom. The molecule has 1 N–H and O–H groups in total. The fraction of sp³-hybridized carbons (Fsp3) is 0.500. The lowest BCUT2D eigenvalue weighted by atomic mass is 10.2.